The van der Waals surface area contributed by atoms with Crippen LogP contribution in [-0.2, 0) is 4.79 Å². The lowest BCUT2D eigenvalue weighted by atomic mass is 9.89. The maximum Gasteiger partial charge on any atom is 0.227 e. The third-order valence-corrected chi connectivity index (χ3v) is 3.01. The van der Waals surface area contributed by atoms with Gasteiger partial charge in [0.1, 0.15) is 0 Å². The lowest BCUT2D eigenvalue weighted by Crippen LogP contribution is -2.40. The van der Waals surface area contributed by atoms with Crippen LogP contribution < -0.4 is 5.32 Å². The highest BCUT2D eigenvalue weighted by atomic mass is 16.2. The van der Waals surface area contributed by atoms with Gasteiger partial charge in [-0.1, -0.05) is 0 Å². The third-order valence-electron chi connectivity index (χ3n) is 3.01. The fourth-order valence-corrected chi connectivity index (χ4v) is 1.90. The summed E-state index contributed by atoms with van der Waals surface area (Å²) in [5.74, 6) is 0.0742. The molecule has 1 amide bonds. The van der Waals surface area contributed by atoms with E-state index in [0.717, 1.165) is 13.0 Å². The highest BCUT2D eigenvalue weighted by Gasteiger charge is 2.40. The summed E-state index contributed by atoms with van der Waals surface area (Å²) >= 11 is 0. The second-order valence-electron chi connectivity index (χ2n) is 4.17. The van der Waals surface area contributed by atoms with Crippen LogP contribution in [-0.4, -0.2) is 37.0 Å². The summed E-state index contributed by atoms with van der Waals surface area (Å²) in [6.07, 6.45) is 0.832. The largest absolute Gasteiger partial charge is 0.359 e. The highest BCUT2D eigenvalue weighted by Crippen LogP contribution is 2.30. The van der Waals surface area contributed by atoms with Gasteiger partial charge in [0.05, 0.1) is 17.5 Å². The van der Waals surface area contributed by atoms with Gasteiger partial charge in [0.25, 0.3) is 0 Å². The van der Waals surface area contributed by atoms with E-state index in [9.17, 15) is 4.79 Å². The minimum atomic E-state index is -0.320. The first-order valence-corrected chi connectivity index (χ1v) is 4.89. The van der Waals surface area contributed by atoms with Crippen molar-refractivity contribution in [3.8, 4) is 6.07 Å². The van der Waals surface area contributed by atoms with Crippen LogP contribution in [0.25, 0.3) is 0 Å². The Morgan fingerprint density at radius 1 is 1.71 bits per heavy atom. The van der Waals surface area contributed by atoms with Crippen molar-refractivity contribution >= 4 is 5.91 Å². The minimum Gasteiger partial charge on any atom is -0.359 e. The predicted molar refractivity (Wildman–Crippen MR) is 53.4 cm³/mol. The van der Waals surface area contributed by atoms with Gasteiger partial charge in [0, 0.05) is 20.1 Å². The zero-order chi connectivity index (χ0) is 10.8. The van der Waals surface area contributed by atoms with Crippen LogP contribution in [0, 0.1) is 16.7 Å². The Balaban J connectivity index is 2.65. The van der Waals surface area contributed by atoms with Crippen LogP contribution in [0.3, 0.4) is 0 Å². The standard InChI is InChI=1S/C10H17N3O/c1-8(6-11)13-5-4-10(2,7-13)9(14)12-3/h8H,4-5,7H2,1-3H3,(H,12,14). The molecule has 4 heteroatoms. The fourth-order valence-electron chi connectivity index (χ4n) is 1.90. The number of likely N-dealkylation sites (tertiary alicyclic amines) is 1. The van der Waals surface area contributed by atoms with Gasteiger partial charge >= 0.3 is 0 Å². The summed E-state index contributed by atoms with van der Waals surface area (Å²) in [5.41, 5.74) is -0.320. The summed E-state index contributed by atoms with van der Waals surface area (Å²) in [4.78, 5) is 13.6. The van der Waals surface area contributed by atoms with Crippen LogP contribution >= 0.6 is 0 Å². The summed E-state index contributed by atoms with van der Waals surface area (Å²) in [5, 5.41) is 11.4. The molecule has 0 bridgehead atoms. The molecule has 1 N–H and O–H groups in total. The van der Waals surface area contributed by atoms with E-state index in [2.05, 4.69) is 16.3 Å². The van der Waals surface area contributed by atoms with Crippen molar-refractivity contribution < 1.29 is 4.79 Å². The van der Waals surface area contributed by atoms with Crippen LogP contribution in [0.5, 0.6) is 0 Å². The van der Waals surface area contributed by atoms with Gasteiger partial charge in [-0.05, 0) is 20.3 Å². The number of nitriles is 1. The Morgan fingerprint density at radius 3 is 2.86 bits per heavy atom. The van der Waals surface area contributed by atoms with Crippen molar-refractivity contribution in [2.75, 3.05) is 20.1 Å². The summed E-state index contributed by atoms with van der Waals surface area (Å²) in [6.45, 7) is 5.34. The molecule has 0 radical (unpaired) electrons. The van der Waals surface area contributed by atoms with Gasteiger partial charge in [0.15, 0.2) is 0 Å². The molecule has 0 aromatic heterocycles. The van der Waals surface area contributed by atoms with E-state index in [-0.39, 0.29) is 17.4 Å². The molecule has 4 nitrogen and oxygen atoms in total. The number of hydrogen-bond acceptors (Lipinski definition) is 3. The van der Waals surface area contributed by atoms with E-state index >= 15 is 0 Å². The smallest absolute Gasteiger partial charge is 0.227 e. The number of nitrogens with zero attached hydrogens (tertiary/aromatic N) is 2. The second-order valence-corrected chi connectivity index (χ2v) is 4.17. The molecule has 2 atom stereocenters. The van der Waals surface area contributed by atoms with Gasteiger partial charge in [0.2, 0.25) is 5.91 Å². The molecule has 14 heavy (non-hydrogen) atoms. The molecule has 2 unspecified atom stereocenters. The van der Waals surface area contributed by atoms with Crippen LogP contribution in [0.4, 0.5) is 0 Å². The number of hydrogen-bond donors (Lipinski definition) is 1. The Kier molecular flexibility index (Phi) is 3.12. The second kappa shape index (κ2) is 3.97. The molecule has 0 spiro atoms. The Morgan fingerprint density at radius 2 is 2.36 bits per heavy atom. The number of nitrogens with one attached hydrogen (secondary N) is 1. The van der Waals surface area contributed by atoms with E-state index in [1.54, 1.807) is 7.05 Å². The zero-order valence-corrected chi connectivity index (χ0v) is 9.00. The maximum absolute atomic E-state index is 11.6. The van der Waals surface area contributed by atoms with Crippen molar-refractivity contribution in [1.82, 2.24) is 10.2 Å². The average molecular weight is 195 g/mol. The van der Waals surface area contributed by atoms with Gasteiger partial charge in [-0.2, -0.15) is 5.26 Å². The first kappa shape index (κ1) is 11.0. The monoisotopic (exact) mass is 195 g/mol. The maximum atomic E-state index is 11.6. The average Bonchev–Trinajstić information content (AvgIpc) is 2.60. The fraction of sp³-hybridized carbons (Fsp3) is 0.800. The normalized spacial score (nSPS) is 29.6. The molecule has 1 saturated heterocycles. The van der Waals surface area contributed by atoms with Crippen molar-refractivity contribution in [2.45, 2.75) is 26.3 Å². The summed E-state index contributed by atoms with van der Waals surface area (Å²) < 4.78 is 0. The molecule has 1 fully saturated rings. The zero-order valence-electron chi connectivity index (χ0n) is 9.00. The van der Waals surface area contributed by atoms with Crippen molar-refractivity contribution in [1.29, 1.82) is 5.26 Å². The molecule has 1 rings (SSSR count). The van der Waals surface area contributed by atoms with Gasteiger partial charge in [-0.25, -0.2) is 0 Å². The van der Waals surface area contributed by atoms with Gasteiger partial charge in [-0.3, -0.25) is 9.69 Å². The van der Waals surface area contributed by atoms with E-state index in [0.29, 0.717) is 6.54 Å². The molecule has 0 saturated carbocycles. The lowest BCUT2D eigenvalue weighted by molar-refractivity contribution is -0.129. The topological polar surface area (TPSA) is 56.1 Å². The molecule has 0 aromatic carbocycles. The van der Waals surface area contributed by atoms with Crippen LogP contribution in [0.1, 0.15) is 20.3 Å². The molecular weight excluding hydrogens is 178 g/mol. The molecule has 0 aliphatic carbocycles. The Bertz CT molecular complexity index is 271. The molecule has 0 aromatic rings. The molecular formula is C10H17N3O. The Labute approximate surface area is 84.9 Å². The van der Waals surface area contributed by atoms with E-state index in [1.807, 2.05) is 13.8 Å². The molecule has 78 valence electrons. The van der Waals surface area contributed by atoms with E-state index in [1.165, 1.54) is 0 Å². The first-order valence-electron chi connectivity index (χ1n) is 4.89. The van der Waals surface area contributed by atoms with Crippen molar-refractivity contribution in [3.05, 3.63) is 0 Å². The third kappa shape index (κ3) is 1.88. The van der Waals surface area contributed by atoms with Crippen molar-refractivity contribution in [3.63, 3.8) is 0 Å². The van der Waals surface area contributed by atoms with Crippen molar-refractivity contribution in [2.24, 2.45) is 5.41 Å². The molecule has 1 heterocycles. The molecule has 1 aliphatic heterocycles. The van der Waals surface area contributed by atoms with E-state index < -0.39 is 0 Å². The summed E-state index contributed by atoms with van der Waals surface area (Å²) in [7, 11) is 1.66. The number of amides is 1. The first-order chi connectivity index (χ1) is 6.53. The SMILES string of the molecule is CNC(=O)C1(C)CCN(C(C)C#N)C1. The number of rotatable bonds is 2. The highest BCUT2D eigenvalue weighted by molar-refractivity contribution is 5.82. The van der Waals surface area contributed by atoms with Crippen LogP contribution in [0.15, 0.2) is 0 Å². The number of carbonyl (C=O) groups excluding carboxylic acids is 1. The lowest BCUT2D eigenvalue weighted by Gasteiger charge is -2.23. The van der Waals surface area contributed by atoms with Crippen LogP contribution in [0.2, 0.25) is 0 Å². The molecule has 1 aliphatic rings. The minimum absolute atomic E-state index is 0.0742. The number of carbonyl (C=O) groups is 1. The van der Waals surface area contributed by atoms with E-state index in [4.69, 9.17) is 5.26 Å². The Hall–Kier alpha value is -1.08. The summed E-state index contributed by atoms with van der Waals surface area (Å²) in [6, 6.07) is 2.10. The predicted octanol–water partition coefficient (Wildman–Crippen LogP) is 0.356. The quantitative estimate of drug-likeness (QED) is 0.692. The van der Waals surface area contributed by atoms with Gasteiger partial charge < -0.3 is 5.32 Å². The van der Waals surface area contributed by atoms with Gasteiger partial charge in [-0.15, -0.1) is 0 Å².